The Morgan fingerprint density at radius 1 is 0.227 bits per heavy atom. The first-order valence-corrected chi connectivity index (χ1v) is 22.8. The fourth-order valence-electron chi connectivity index (χ4n) is 11.5. The zero-order chi connectivity index (χ0) is 43.0. The Balaban J connectivity index is 1.02. The smallest absolute Gasteiger partial charge is 0.0622 e. The van der Waals surface area contributed by atoms with Gasteiger partial charge in [-0.05, 0) is 102 Å². The van der Waals surface area contributed by atoms with Crippen LogP contribution in [0.25, 0.3) is 97.7 Å². The summed E-state index contributed by atoms with van der Waals surface area (Å²) in [4.78, 5) is 4.94. The number of aromatic nitrogens is 2. The Morgan fingerprint density at radius 2 is 0.545 bits per heavy atom. The van der Waals surface area contributed by atoms with Crippen LogP contribution >= 0.6 is 0 Å². The second kappa shape index (κ2) is 13.3. The topological polar surface area (TPSA) is 15.3 Å². The van der Waals surface area contributed by atoms with E-state index < -0.39 is 0 Å². The van der Waals surface area contributed by atoms with Gasteiger partial charge in [0.25, 0.3) is 0 Å². The summed E-state index contributed by atoms with van der Waals surface area (Å²) in [7, 11) is 0. The number of benzene rings is 11. The minimum atomic E-state index is 1.08. The number of nitrogens with zero attached hydrogens (tertiary/aromatic N) is 4. The van der Waals surface area contributed by atoms with E-state index in [1.807, 2.05) is 0 Å². The van der Waals surface area contributed by atoms with Gasteiger partial charge in [0.2, 0.25) is 0 Å². The maximum atomic E-state index is 2.50. The third-order valence-corrected chi connectivity index (χ3v) is 14.2. The SMILES string of the molecule is c1ccc(N(c2ccc(N(c3cc4c5ccccc5n5c6ccccc6c(c3)c45)c3cc4c5ccccc5n5c6ccccc6c(c3)c45)cc2)c2c3ccccc3cc3ccccc23)cc1. The molecule has 0 N–H and O–H groups in total. The minimum absolute atomic E-state index is 1.08. The second-order valence-electron chi connectivity index (χ2n) is 17.7. The third-order valence-electron chi connectivity index (χ3n) is 14.2. The van der Waals surface area contributed by atoms with Crippen molar-refractivity contribution >= 4 is 132 Å². The zero-order valence-electron chi connectivity index (χ0n) is 35.7. The predicted molar refractivity (Wildman–Crippen MR) is 280 cm³/mol. The van der Waals surface area contributed by atoms with E-state index in [1.165, 1.54) is 103 Å². The highest BCUT2D eigenvalue weighted by Crippen LogP contribution is 2.49. The van der Waals surface area contributed by atoms with E-state index in [2.05, 4.69) is 249 Å². The standard InChI is InChI=1S/C62H38N4/c1-2-18-41(19-3-1)64(60-46-20-6-4-16-39(46)34-40-17-5-7-21-47(40)60)43-32-30-42(31-33-43)63(44-35-52-48-22-8-12-26-56(48)65-57-27-13-9-23-49(57)53(36-44)61(52)65)45-37-54-50-24-10-14-28-58(50)66-59-29-15-11-25-51(59)55(38-45)62(54)66/h1-38H. The average molecular weight is 839 g/mol. The van der Waals surface area contributed by atoms with Gasteiger partial charge in [-0.1, -0.05) is 140 Å². The van der Waals surface area contributed by atoms with Crippen LogP contribution in [-0.4, -0.2) is 8.80 Å². The Morgan fingerprint density at radius 3 is 0.955 bits per heavy atom. The minimum Gasteiger partial charge on any atom is -0.310 e. The van der Waals surface area contributed by atoms with Crippen LogP contribution in [0.5, 0.6) is 0 Å². The number of hydrogen-bond acceptors (Lipinski definition) is 2. The van der Waals surface area contributed by atoms with Crippen LogP contribution in [0.3, 0.4) is 0 Å². The molecule has 0 unspecified atom stereocenters. The highest BCUT2D eigenvalue weighted by Gasteiger charge is 2.25. The van der Waals surface area contributed by atoms with Crippen molar-refractivity contribution in [3.8, 4) is 0 Å². The molecule has 4 aromatic heterocycles. The summed E-state index contributed by atoms with van der Waals surface area (Å²) in [6.45, 7) is 0. The molecule has 0 aliphatic heterocycles. The number of anilines is 6. The molecule has 0 amide bonds. The van der Waals surface area contributed by atoms with Crippen molar-refractivity contribution in [2.24, 2.45) is 0 Å². The largest absolute Gasteiger partial charge is 0.310 e. The zero-order valence-corrected chi connectivity index (χ0v) is 35.7. The molecule has 4 heterocycles. The molecule has 4 nitrogen and oxygen atoms in total. The summed E-state index contributed by atoms with van der Waals surface area (Å²) < 4.78 is 4.93. The summed E-state index contributed by atoms with van der Waals surface area (Å²) in [5.41, 5.74) is 14.1. The molecule has 0 saturated carbocycles. The van der Waals surface area contributed by atoms with Crippen molar-refractivity contribution in [1.82, 2.24) is 8.80 Å². The molecule has 306 valence electrons. The van der Waals surface area contributed by atoms with Crippen molar-refractivity contribution in [2.75, 3.05) is 9.80 Å². The molecule has 0 atom stereocenters. The molecule has 66 heavy (non-hydrogen) atoms. The quantitative estimate of drug-likeness (QED) is 0.155. The van der Waals surface area contributed by atoms with Crippen molar-refractivity contribution in [1.29, 1.82) is 0 Å². The fourth-order valence-corrected chi connectivity index (χ4v) is 11.5. The summed E-state index contributed by atoms with van der Waals surface area (Å²) in [5.74, 6) is 0. The molecule has 0 saturated heterocycles. The van der Waals surface area contributed by atoms with Gasteiger partial charge >= 0.3 is 0 Å². The Labute approximate surface area is 379 Å². The van der Waals surface area contributed by atoms with Crippen LogP contribution in [-0.2, 0) is 0 Å². The summed E-state index contributed by atoms with van der Waals surface area (Å²) in [6.07, 6.45) is 0. The molecule has 0 aliphatic rings. The Hall–Kier alpha value is -8.86. The van der Waals surface area contributed by atoms with Gasteiger partial charge < -0.3 is 18.6 Å². The maximum Gasteiger partial charge on any atom is 0.0622 e. The molecule has 0 fully saturated rings. The lowest BCUT2D eigenvalue weighted by Gasteiger charge is -2.30. The number of rotatable bonds is 6. The van der Waals surface area contributed by atoms with E-state index in [1.54, 1.807) is 0 Å². The van der Waals surface area contributed by atoms with Gasteiger partial charge in [0.15, 0.2) is 0 Å². The first kappa shape index (κ1) is 35.6. The molecule has 4 heteroatoms. The van der Waals surface area contributed by atoms with Crippen LogP contribution < -0.4 is 9.80 Å². The van der Waals surface area contributed by atoms with Gasteiger partial charge in [-0.15, -0.1) is 0 Å². The monoisotopic (exact) mass is 838 g/mol. The molecule has 11 aromatic carbocycles. The normalized spacial score (nSPS) is 12.2. The van der Waals surface area contributed by atoms with Crippen molar-refractivity contribution in [3.05, 3.63) is 231 Å². The molecule has 0 spiro atoms. The lowest BCUT2D eigenvalue weighted by Crippen LogP contribution is -2.13. The van der Waals surface area contributed by atoms with Crippen molar-refractivity contribution in [3.63, 3.8) is 0 Å². The van der Waals surface area contributed by atoms with Crippen LogP contribution in [0.2, 0.25) is 0 Å². The van der Waals surface area contributed by atoms with E-state index in [-0.39, 0.29) is 0 Å². The molecule has 0 bridgehead atoms. The van der Waals surface area contributed by atoms with Crippen molar-refractivity contribution < 1.29 is 0 Å². The first-order chi connectivity index (χ1) is 32.8. The molecular weight excluding hydrogens is 801 g/mol. The van der Waals surface area contributed by atoms with E-state index in [9.17, 15) is 0 Å². The van der Waals surface area contributed by atoms with Gasteiger partial charge in [-0.25, -0.2) is 0 Å². The molecule has 15 rings (SSSR count). The molecule has 15 aromatic rings. The molecule has 0 radical (unpaired) electrons. The molecule has 0 aliphatic carbocycles. The van der Waals surface area contributed by atoms with Crippen LogP contribution in [0.15, 0.2) is 231 Å². The summed E-state index contributed by atoms with van der Waals surface area (Å²) in [6, 6.07) is 85.1. The lowest BCUT2D eigenvalue weighted by molar-refractivity contribution is 1.27. The van der Waals surface area contributed by atoms with Gasteiger partial charge in [-0.3, -0.25) is 0 Å². The highest BCUT2D eigenvalue weighted by molar-refractivity contribution is 6.26. The van der Waals surface area contributed by atoms with Crippen LogP contribution in [0, 0.1) is 0 Å². The summed E-state index contributed by atoms with van der Waals surface area (Å²) >= 11 is 0. The van der Waals surface area contributed by atoms with Gasteiger partial charge in [0, 0.05) is 82.3 Å². The second-order valence-corrected chi connectivity index (χ2v) is 17.7. The average Bonchev–Trinajstić information content (AvgIpc) is 4.11. The number of fused-ring (bicyclic) bond motifs is 14. The first-order valence-electron chi connectivity index (χ1n) is 22.8. The third kappa shape index (κ3) is 4.82. The predicted octanol–water partition coefficient (Wildman–Crippen LogP) is 17.2. The highest BCUT2D eigenvalue weighted by atomic mass is 15.2. The van der Waals surface area contributed by atoms with Crippen molar-refractivity contribution in [2.45, 2.75) is 0 Å². The Bertz CT molecular complexity index is 4000. The van der Waals surface area contributed by atoms with Crippen LogP contribution in [0.4, 0.5) is 34.1 Å². The maximum absolute atomic E-state index is 2.50. The lowest BCUT2D eigenvalue weighted by atomic mass is 9.99. The van der Waals surface area contributed by atoms with E-state index >= 15 is 0 Å². The van der Waals surface area contributed by atoms with Gasteiger partial charge in [0.05, 0.1) is 38.8 Å². The summed E-state index contributed by atoms with van der Waals surface area (Å²) in [5, 5.41) is 14.9. The number of para-hydroxylation sites is 5. The molecular formula is C62H38N4. The van der Waals surface area contributed by atoms with E-state index in [4.69, 9.17) is 0 Å². The van der Waals surface area contributed by atoms with E-state index in [0.29, 0.717) is 0 Å². The van der Waals surface area contributed by atoms with E-state index in [0.717, 1.165) is 28.4 Å². The number of hydrogen-bond donors (Lipinski definition) is 0. The van der Waals surface area contributed by atoms with Crippen LogP contribution in [0.1, 0.15) is 0 Å². The fraction of sp³-hybridized carbons (Fsp3) is 0. The van der Waals surface area contributed by atoms with Gasteiger partial charge in [0.1, 0.15) is 0 Å². The van der Waals surface area contributed by atoms with Gasteiger partial charge in [-0.2, -0.15) is 0 Å². The Kier molecular flexibility index (Phi) is 7.19.